The predicted octanol–water partition coefficient (Wildman–Crippen LogP) is 3.85. The summed E-state index contributed by atoms with van der Waals surface area (Å²) < 4.78 is 13.8. The zero-order valence-corrected chi connectivity index (χ0v) is 12.1. The Bertz CT molecular complexity index is 643. The predicted molar refractivity (Wildman–Crippen MR) is 75.8 cm³/mol. The summed E-state index contributed by atoms with van der Waals surface area (Å²) in [6.07, 6.45) is 1.61. The van der Waals surface area contributed by atoms with Gasteiger partial charge in [0.2, 0.25) is 0 Å². The van der Waals surface area contributed by atoms with E-state index in [4.69, 9.17) is 0 Å². The molecule has 5 heteroatoms. The lowest BCUT2D eigenvalue weighted by Crippen LogP contribution is -2.15. The van der Waals surface area contributed by atoms with E-state index < -0.39 is 0 Å². The number of hydrogen-bond acceptors (Lipinski definition) is 2. The molecule has 1 aromatic carbocycles. The molecule has 0 spiro atoms. The Hall–Kier alpha value is -1.75. The van der Waals surface area contributed by atoms with Gasteiger partial charge in [0.25, 0.3) is 5.91 Å². The molecule has 0 aliphatic carbocycles. The molecule has 98 valence electrons. The van der Waals surface area contributed by atoms with Crippen LogP contribution >= 0.6 is 15.9 Å². The Balaban J connectivity index is 2.25. The number of amides is 1. The van der Waals surface area contributed by atoms with E-state index in [1.54, 1.807) is 13.1 Å². The molecule has 1 N–H and O–H groups in total. The van der Waals surface area contributed by atoms with Crippen LogP contribution in [0.4, 0.5) is 10.2 Å². The van der Waals surface area contributed by atoms with Crippen LogP contribution in [-0.4, -0.2) is 10.9 Å². The van der Waals surface area contributed by atoms with Crippen molar-refractivity contribution in [2.24, 2.45) is 0 Å². The zero-order chi connectivity index (χ0) is 14.0. The normalized spacial score (nSPS) is 10.3. The topological polar surface area (TPSA) is 42.0 Å². The second kappa shape index (κ2) is 5.48. The molecule has 1 amide bonds. The summed E-state index contributed by atoms with van der Waals surface area (Å²) in [4.78, 5) is 16.2. The molecule has 0 atom stereocenters. The Morgan fingerprint density at radius 1 is 1.26 bits per heavy atom. The number of nitrogens with zero attached hydrogens (tertiary/aromatic N) is 1. The van der Waals surface area contributed by atoms with Crippen molar-refractivity contribution in [3.05, 3.63) is 57.4 Å². The first-order valence-electron chi connectivity index (χ1n) is 5.67. The second-order valence-electron chi connectivity index (χ2n) is 4.23. The molecule has 1 aromatic heterocycles. The number of aryl methyl sites for hydroxylation is 2. The third-order valence-corrected chi connectivity index (χ3v) is 3.14. The van der Waals surface area contributed by atoms with Gasteiger partial charge in [-0.2, -0.15) is 0 Å². The summed E-state index contributed by atoms with van der Waals surface area (Å²) in [5.41, 5.74) is 1.88. The number of nitrogens with one attached hydrogen (secondary N) is 1. The van der Waals surface area contributed by atoms with Crippen molar-refractivity contribution in [2.75, 3.05) is 5.32 Å². The van der Waals surface area contributed by atoms with Crippen LogP contribution in [0.15, 0.2) is 34.9 Å². The van der Waals surface area contributed by atoms with Gasteiger partial charge in [-0.15, -0.1) is 0 Å². The first kappa shape index (κ1) is 13.7. The first-order valence-corrected chi connectivity index (χ1v) is 6.46. The highest BCUT2D eigenvalue weighted by Crippen LogP contribution is 2.18. The molecule has 2 rings (SSSR count). The van der Waals surface area contributed by atoms with Crippen LogP contribution in [-0.2, 0) is 0 Å². The fourth-order valence-electron chi connectivity index (χ4n) is 1.73. The number of carbonyl (C=O) groups is 1. The molecule has 19 heavy (non-hydrogen) atoms. The van der Waals surface area contributed by atoms with Crippen molar-refractivity contribution >= 4 is 27.7 Å². The Kier molecular flexibility index (Phi) is 3.95. The summed E-state index contributed by atoms with van der Waals surface area (Å²) in [5.74, 6) is -0.153. The number of hydrogen-bond donors (Lipinski definition) is 1. The summed E-state index contributed by atoms with van der Waals surface area (Å²) in [6, 6.07) is 5.93. The molecule has 3 nitrogen and oxygen atoms in total. The van der Waals surface area contributed by atoms with Gasteiger partial charge >= 0.3 is 0 Å². The highest BCUT2D eigenvalue weighted by Gasteiger charge is 2.11. The van der Waals surface area contributed by atoms with Crippen LogP contribution in [0.1, 0.15) is 21.5 Å². The summed E-state index contributed by atoms with van der Waals surface area (Å²) in [5, 5.41) is 2.72. The van der Waals surface area contributed by atoms with E-state index in [0.29, 0.717) is 16.9 Å². The average molecular weight is 323 g/mol. The lowest BCUT2D eigenvalue weighted by atomic mass is 10.1. The maximum Gasteiger partial charge on any atom is 0.257 e. The molecule has 0 saturated carbocycles. The fraction of sp³-hybridized carbons (Fsp3) is 0.143. The molecule has 0 aliphatic heterocycles. The van der Waals surface area contributed by atoms with E-state index >= 15 is 0 Å². The number of benzene rings is 1. The highest BCUT2D eigenvalue weighted by molar-refractivity contribution is 9.10. The smallest absolute Gasteiger partial charge is 0.257 e. The molecule has 0 fully saturated rings. The van der Waals surface area contributed by atoms with Crippen LogP contribution in [0.5, 0.6) is 0 Å². The van der Waals surface area contributed by atoms with Gasteiger partial charge in [-0.05, 0) is 65.2 Å². The van der Waals surface area contributed by atoms with Crippen molar-refractivity contribution in [1.29, 1.82) is 0 Å². The molecule has 0 bridgehead atoms. The molecule has 2 aromatic rings. The van der Waals surface area contributed by atoms with Gasteiger partial charge in [-0.25, -0.2) is 9.37 Å². The third-order valence-electron chi connectivity index (χ3n) is 2.71. The quantitative estimate of drug-likeness (QED) is 0.912. The molecule has 1 heterocycles. The van der Waals surface area contributed by atoms with Crippen molar-refractivity contribution < 1.29 is 9.18 Å². The van der Waals surface area contributed by atoms with E-state index in [1.165, 1.54) is 18.2 Å². The number of halogens is 2. The minimum Gasteiger partial charge on any atom is -0.306 e. The van der Waals surface area contributed by atoms with E-state index in [0.717, 1.165) is 10.0 Å². The van der Waals surface area contributed by atoms with Gasteiger partial charge in [0, 0.05) is 16.2 Å². The Labute approximate surface area is 119 Å². The number of rotatable bonds is 2. The zero-order valence-electron chi connectivity index (χ0n) is 10.5. The van der Waals surface area contributed by atoms with Gasteiger partial charge in [-0.1, -0.05) is 0 Å². The lowest BCUT2D eigenvalue weighted by Gasteiger charge is -2.09. The third kappa shape index (κ3) is 3.17. The van der Waals surface area contributed by atoms with E-state index in [9.17, 15) is 9.18 Å². The monoisotopic (exact) mass is 322 g/mol. The lowest BCUT2D eigenvalue weighted by molar-refractivity contribution is 0.102. The number of pyridine rings is 1. The van der Waals surface area contributed by atoms with Crippen LogP contribution in [0.3, 0.4) is 0 Å². The van der Waals surface area contributed by atoms with E-state index in [-0.39, 0.29) is 11.7 Å². The van der Waals surface area contributed by atoms with Crippen molar-refractivity contribution in [3.63, 3.8) is 0 Å². The maximum absolute atomic E-state index is 13.0. The number of anilines is 1. The van der Waals surface area contributed by atoms with Gasteiger partial charge in [0.15, 0.2) is 0 Å². The average Bonchev–Trinajstić information content (AvgIpc) is 2.32. The summed E-state index contributed by atoms with van der Waals surface area (Å²) >= 11 is 3.31. The number of carbonyl (C=O) groups excluding carboxylic acids is 1. The summed E-state index contributed by atoms with van der Waals surface area (Å²) in [6.45, 7) is 3.55. The van der Waals surface area contributed by atoms with Crippen LogP contribution < -0.4 is 5.32 Å². The van der Waals surface area contributed by atoms with Crippen LogP contribution in [0, 0.1) is 19.7 Å². The Morgan fingerprint density at radius 3 is 2.63 bits per heavy atom. The van der Waals surface area contributed by atoms with Crippen LogP contribution in [0.2, 0.25) is 0 Å². The number of aromatic nitrogens is 1. The Morgan fingerprint density at radius 2 is 2.00 bits per heavy atom. The molecular formula is C14H12BrFN2O. The fourth-order valence-corrected chi connectivity index (χ4v) is 2.17. The first-order chi connectivity index (χ1) is 8.97. The highest BCUT2D eigenvalue weighted by atomic mass is 79.9. The molecular weight excluding hydrogens is 311 g/mol. The standard InChI is InChI=1S/C14H12BrFN2O/c1-8-6-11(16)3-4-12(8)14(19)18-13-9(2)5-10(15)7-17-13/h3-7H,1-2H3,(H,17,18,19). The van der Waals surface area contributed by atoms with E-state index in [1.807, 2.05) is 13.0 Å². The van der Waals surface area contributed by atoms with Gasteiger partial charge in [0.05, 0.1) is 0 Å². The van der Waals surface area contributed by atoms with E-state index in [2.05, 4.69) is 26.2 Å². The maximum atomic E-state index is 13.0. The SMILES string of the molecule is Cc1cc(F)ccc1C(=O)Nc1ncc(Br)cc1C. The minimum atomic E-state index is -0.355. The van der Waals surface area contributed by atoms with Crippen LogP contribution in [0.25, 0.3) is 0 Å². The minimum absolute atomic E-state index is 0.296. The largest absolute Gasteiger partial charge is 0.306 e. The van der Waals surface area contributed by atoms with Crippen molar-refractivity contribution in [2.45, 2.75) is 13.8 Å². The summed E-state index contributed by atoms with van der Waals surface area (Å²) in [7, 11) is 0. The molecule has 0 unspecified atom stereocenters. The van der Waals surface area contributed by atoms with Gasteiger partial charge in [-0.3, -0.25) is 4.79 Å². The second-order valence-corrected chi connectivity index (χ2v) is 5.15. The van der Waals surface area contributed by atoms with Crippen molar-refractivity contribution in [1.82, 2.24) is 4.98 Å². The molecule has 0 aliphatic rings. The van der Waals surface area contributed by atoms with Gasteiger partial charge < -0.3 is 5.32 Å². The molecule has 0 radical (unpaired) electrons. The van der Waals surface area contributed by atoms with Gasteiger partial charge in [0.1, 0.15) is 11.6 Å². The van der Waals surface area contributed by atoms with Crippen molar-refractivity contribution in [3.8, 4) is 0 Å². The molecule has 0 saturated heterocycles.